The van der Waals surface area contributed by atoms with Gasteiger partial charge in [-0.05, 0) is 36.5 Å². The Morgan fingerprint density at radius 1 is 0.968 bits per heavy atom. The van der Waals surface area contributed by atoms with Crippen LogP contribution in [0.4, 0.5) is 0 Å². The third kappa shape index (κ3) is 4.99. The summed E-state index contributed by atoms with van der Waals surface area (Å²) in [6.07, 6.45) is 3.88. The fraction of sp³-hybridized carbons (Fsp3) is 0.462. The van der Waals surface area contributed by atoms with Crippen molar-refractivity contribution >= 4 is 11.8 Å². The zero-order valence-electron chi connectivity index (χ0n) is 18.3. The van der Waals surface area contributed by atoms with E-state index in [1.54, 1.807) is 0 Å². The first-order valence-corrected chi connectivity index (χ1v) is 11.4. The van der Waals surface area contributed by atoms with E-state index in [-0.39, 0.29) is 17.9 Å². The molecule has 5 nitrogen and oxygen atoms in total. The van der Waals surface area contributed by atoms with Crippen molar-refractivity contribution in [2.24, 2.45) is 5.41 Å². The normalized spacial score (nSPS) is 19.1. The molecule has 2 amide bonds. The second-order valence-corrected chi connectivity index (χ2v) is 8.84. The maximum absolute atomic E-state index is 13.4. The molecule has 1 saturated heterocycles. The highest BCUT2D eigenvalue weighted by molar-refractivity contribution is 5.89. The van der Waals surface area contributed by atoms with Gasteiger partial charge in [-0.25, -0.2) is 0 Å². The number of hydrogen-bond donors (Lipinski definition) is 1. The molecule has 1 heterocycles. The first kappa shape index (κ1) is 21.6. The average Bonchev–Trinajstić information content (AvgIpc) is 3.30. The Kier molecular flexibility index (Phi) is 6.71. The molecule has 1 atom stereocenters. The molecule has 0 bridgehead atoms. The summed E-state index contributed by atoms with van der Waals surface area (Å²) in [6, 6.07) is 18.5. The Balaban J connectivity index is 1.41. The van der Waals surface area contributed by atoms with Crippen LogP contribution in [0.2, 0.25) is 0 Å². The minimum Gasteiger partial charge on any atom is -0.378 e. The molecule has 2 fully saturated rings. The number of nitrogens with one attached hydrogen (secondary N) is 1. The van der Waals surface area contributed by atoms with Gasteiger partial charge in [0.25, 0.3) is 0 Å². The number of amides is 2. The van der Waals surface area contributed by atoms with E-state index in [1.807, 2.05) is 30.0 Å². The molecule has 4 rings (SSSR count). The van der Waals surface area contributed by atoms with Crippen LogP contribution in [0.5, 0.6) is 0 Å². The molecule has 164 valence electrons. The van der Waals surface area contributed by atoms with Crippen molar-refractivity contribution in [2.75, 3.05) is 26.3 Å². The van der Waals surface area contributed by atoms with Gasteiger partial charge in [-0.15, -0.1) is 0 Å². The minimum atomic E-state index is -0.576. The van der Waals surface area contributed by atoms with Crippen LogP contribution in [0.3, 0.4) is 0 Å². The molecule has 1 aliphatic heterocycles. The zero-order valence-corrected chi connectivity index (χ0v) is 18.3. The van der Waals surface area contributed by atoms with Crippen LogP contribution in [-0.2, 0) is 14.3 Å². The maximum atomic E-state index is 13.4. The monoisotopic (exact) mass is 420 g/mol. The van der Waals surface area contributed by atoms with Gasteiger partial charge < -0.3 is 15.0 Å². The number of carbonyl (C=O) groups is 2. The number of benzene rings is 2. The Hall–Kier alpha value is -2.66. The zero-order chi connectivity index (χ0) is 21.7. The third-order valence-electron chi connectivity index (χ3n) is 6.76. The number of ether oxygens (including phenoxy) is 1. The van der Waals surface area contributed by atoms with E-state index in [4.69, 9.17) is 4.74 Å². The first-order chi connectivity index (χ1) is 15.1. The van der Waals surface area contributed by atoms with Gasteiger partial charge in [0, 0.05) is 19.5 Å². The van der Waals surface area contributed by atoms with Gasteiger partial charge in [0.2, 0.25) is 11.8 Å². The average molecular weight is 421 g/mol. The van der Waals surface area contributed by atoms with Gasteiger partial charge in [0.05, 0.1) is 24.7 Å². The summed E-state index contributed by atoms with van der Waals surface area (Å²) in [4.78, 5) is 28.1. The number of carbonyl (C=O) groups excluding carboxylic acids is 2. The largest absolute Gasteiger partial charge is 0.378 e. The van der Waals surface area contributed by atoms with E-state index in [0.717, 1.165) is 36.8 Å². The highest BCUT2D eigenvalue weighted by atomic mass is 16.5. The van der Waals surface area contributed by atoms with Gasteiger partial charge in [-0.3, -0.25) is 9.59 Å². The molecule has 1 saturated carbocycles. The summed E-state index contributed by atoms with van der Waals surface area (Å²) in [6.45, 7) is 4.44. The molecule has 1 aliphatic carbocycles. The van der Waals surface area contributed by atoms with Crippen molar-refractivity contribution in [1.29, 1.82) is 0 Å². The Morgan fingerprint density at radius 2 is 1.58 bits per heavy atom. The Labute approximate surface area is 184 Å². The van der Waals surface area contributed by atoms with Crippen molar-refractivity contribution in [3.8, 4) is 11.1 Å². The van der Waals surface area contributed by atoms with Crippen molar-refractivity contribution in [3.05, 3.63) is 60.2 Å². The fourth-order valence-corrected chi connectivity index (χ4v) is 4.78. The summed E-state index contributed by atoms with van der Waals surface area (Å²) in [5.41, 5.74) is 2.83. The van der Waals surface area contributed by atoms with Gasteiger partial charge >= 0.3 is 0 Å². The SMILES string of the molecule is C[C@@H](NC(=O)C1(CC(=O)N2CCOCC2)CCCC1)c1ccc(-c2ccccc2)cc1. The van der Waals surface area contributed by atoms with Crippen molar-refractivity contribution in [2.45, 2.75) is 45.1 Å². The summed E-state index contributed by atoms with van der Waals surface area (Å²) in [5.74, 6) is 0.103. The van der Waals surface area contributed by atoms with E-state index in [0.29, 0.717) is 32.7 Å². The van der Waals surface area contributed by atoms with Crippen LogP contribution in [0.25, 0.3) is 11.1 Å². The lowest BCUT2D eigenvalue weighted by atomic mass is 9.80. The molecule has 2 aliphatic rings. The first-order valence-electron chi connectivity index (χ1n) is 11.4. The fourth-order valence-electron chi connectivity index (χ4n) is 4.78. The minimum absolute atomic E-state index is 0.0197. The molecule has 5 heteroatoms. The Morgan fingerprint density at radius 3 is 2.23 bits per heavy atom. The van der Waals surface area contributed by atoms with Gasteiger partial charge in [-0.1, -0.05) is 67.4 Å². The van der Waals surface area contributed by atoms with Crippen molar-refractivity contribution in [1.82, 2.24) is 10.2 Å². The van der Waals surface area contributed by atoms with Gasteiger partial charge in [-0.2, -0.15) is 0 Å². The van der Waals surface area contributed by atoms with Gasteiger partial charge in [0.15, 0.2) is 0 Å². The molecule has 0 radical (unpaired) electrons. The summed E-state index contributed by atoms with van der Waals surface area (Å²) >= 11 is 0. The summed E-state index contributed by atoms with van der Waals surface area (Å²) in [5, 5.41) is 3.21. The topological polar surface area (TPSA) is 58.6 Å². The molecular formula is C26H32N2O3. The summed E-state index contributed by atoms with van der Waals surface area (Å²) in [7, 11) is 0. The van der Waals surface area contributed by atoms with Gasteiger partial charge in [0.1, 0.15) is 0 Å². The van der Waals surface area contributed by atoms with E-state index in [2.05, 4.69) is 41.7 Å². The standard InChI is InChI=1S/C26H32N2O3/c1-20(21-9-11-23(12-10-21)22-7-3-2-4-8-22)27-25(30)26(13-5-6-14-26)19-24(29)28-15-17-31-18-16-28/h2-4,7-12,20H,5-6,13-19H2,1H3,(H,27,30)/t20-/m1/s1. The van der Waals surface area contributed by atoms with E-state index in [1.165, 1.54) is 5.56 Å². The van der Waals surface area contributed by atoms with Crippen LogP contribution in [-0.4, -0.2) is 43.0 Å². The van der Waals surface area contributed by atoms with Crippen LogP contribution >= 0.6 is 0 Å². The van der Waals surface area contributed by atoms with Crippen LogP contribution < -0.4 is 5.32 Å². The second-order valence-electron chi connectivity index (χ2n) is 8.84. The smallest absolute Gasteiger partial charge is 0.227 e. The lowest BCUT2D eigenvalue weighted by Gasteiger charge is -2.33. The van der Waals surface area contributed by atoms with Crippen LogP contribution in [0.15, 0.2) is 54.6 Å². The van der Waals surface area contributed by atoms with Crippen LogP contribution in [0, 0.1) is 5.41 Å². The number of nitrogens with zero attached hydrogens (tertiary/aromatic N) is 1. The second kappa shape index (κ2) is 9.65. The van der Waals surface area contributed by atoms with Crippen molar-refractivity contribution < 1.29 is 14.3 Å². The van der Waals surface area contributed by atoms with E-state index in [9.17, 15) is 9.59 Å². The molecule has 1 N–H and O–H groups in total. The summed E-state index contributed by atoms with van der Waals surface area (Å²) < 4.78 is 5.36. The molecular weight excluding hydrogens is 388 g/mol. The predicted octanol–water partition coefficient (Wildman–Crippen LogP) is 4.34. The third-order valence-corrected chi connectivity index (χ3v) is 6.76. The molecule has 0 spiro atoms. The Bertz CT molecular complexity index is 883. The highest BCUT2D eigenvalue weighted by Gasteiger charge is 2.44. The highest BCUT2D eigenvalue weighted by Crippen LogP contribution is 2.42. The van der Waals surface area contributed by atoms with E-state index < -0.39 is 5.41 Å². The molecule has 0 aromatic heterocycles. The predicted molar refractivity (Wildman–Crippen MR) is 121 cm³/mol. The van der Waals surface area contributed by atoms with Crippen molar-refractivity contribution in [3.63, 3.8) is 0 Å². The molecule has 2 aromatic carbocycles. The van der Waals surface area contributed by atoms with E-state index >= 15 is 0 Å². The lowest BCUT2D eigenvalue weighted by Crippen LogP contribution is -2.47. The van der Waals surface area contributed by atoms with Crippen LogP contribution in [0.1, 0.15) is 50.6 Å². The number of hydrogen-bond acceptors (Lipinski definition) is 3. The maximum Gasteiger partial charge on any atom is 0.227 e. The molecule has 0 unspecified atom stereocenters. The molecule has 2 aromatic rings. The quantitative estimate of drug-likeness (QED) is 0.756. The number of rotatable bonds is 6. The number of morpholine rings is 1. The lowest BCUT2D eigenvalue weighted by molar-refractivity contribution is -0.144. The molecule has 31 heavy (non-hydrogen) atoms.